The fourth-order valence-electron chi connectivity index (χ4n) is 1.64. The third kappa shape index (κ3) is 3.44. The van der Waals surface area contributed by atoms with Crippen LogP contribution in [0.15, 0.2) is 18.2 Å². The largest absolute Gasteiger partial charge is 0.398 e. The summed E-state index contributed by atoms with van der Waals surface area (Å²) in [4.78, 5) is 33.3. The number of nitrogen functional groups attached to an aromatic ring is 1. The fraction of sp³-hybridized carbons (Fsp3) is 0.333. The van der Waals surface area contributed by atoms with Crippen LogP contribution in [0.3, 0.4) is 0 Å². The summed E-state index contributed by atoms with van der Waals surface area (Å²) < 4.78 is 0. The van der Waals surface area contributed by atoms with E-state index >= 15 is 0 Å². The van der Waals surface area contributed by atoms with Gasteiger partial charge < -0.3 is 16.8 Å². The predicted molar refractivity (Wildman–Crippen MR) is 72.8 cm³/mol. The number of anilines is 1. The van der Waals surface area contributed by atoms with Crippen LogP contribution in [0.1, 0.15) is 24.2 Å². The van der Waals surface area contributed by atoms with Crippen LogP contribution in [-0.4, -0.2) is 22.8 Å². The molecule has 1 rings (SSSR count). The number of non-ortho nitro benzene ring substituents is 1. The van der Waals surface area contributed by atoms with E-state index in [-0.39, 0.29) is 22.9 Å². The standard InChI is InChI=1S/C12H16N4O4/c1-6(2)10(11(14)17)15-12(18)8-5-7(16(19)20)3-4-9(8)13/h3-6,10H,13H2,1-2H3,(H2,14,17)(H,15,18). The second-order valence-corrected chi connectivity index (χ2v) is 4.63. The smallest absolute Gasteiger partial charge is 0.270 e. The Balaban J connectivity index is 3.05. The molecule has 0 aliphatic heterocycles. The molecule has 1 unspecified atom stereocenters. The maximum Gasteiger partial charge on any atom is 0.270 e. The molecule has 0 heterocycles. The molecular formula is C12H16N4O4. The van der Waals surface area contributed by atoms with E-state index in [2.05, 4.69) is 5.32 Å². The molecule has 5 N–H and O–H groups in total. The minimum atomic E-state index is -0.874. The number of rotatable bonds is 5. The van der Waals surface area contributed by atoms with E-state index in [1.165, 1.54) is 12.1 Å². The molecule has 8 nitrogen and oxygen atoms in total. The van der Waals surface area contributed by atoms with Gasteiger partial charge in [-0.05, 0) is 12.0 Å². The van der Waals surface area contributed by atoms with Crippen molar-refractivity contribution in [1.82, 2.24) is 5.32 Å². The highest BCUT2D eigenvalue weighted by molar-refractivity contribution is 6.01. The Hall–Kier alpha value is -2.64. The summed E-state index contributed by atoms with van der Waals surface area (Å²) in [6.45, 7) is 3.43. The molecule has 8 heteroatoms. The molecule has 0 saturated carbocycles. The molecule has 0 fully saturated rings. The fourth-order valence-corrected chi connectivity index (χ4v) is 1.64. The molecule has 0 aliphatic rings. The third-order valence-electron chi connectivity index (χ3n) is 2.75. The molecule has 20 heavy (non-hydrogen) atoms. The first kappa shape index (κ1) is 15.4. The number of hydrogen-bond acceptors (Lipinski definition) is 5. The van der Waals surface area contributed by atoms with Gasteiger partial charge in [-0.1, -0.05) is 13.8 Å². The molecule has 0 radical (unpaired) electrons. The van der Waals surface area contributed by atoms with E-state index in [0.29, 0.717) is 0 Å². The molecule has 0 spiro atoms. The average molecular weight is 280 g/mol. The lowest BCUT2D eigenvalue weighted by Gasteiger charge is -2.19. The van der Waals surface area contributed by atoms with Gasteiger partial charge in [0.15, 0.2) is 0 Å². The van der Waals surface area contributed by atoms with E-state index in [1.807, 2.05) is 0 Å². The maximum atomic E-state index is 12.0. The van der Waals surface area contributed by atoms with Gasteiger partial charge in [-0.25, -0.2) is 0 Å². The molecule has 1 aromatic carbocycles. The van der Waals surface area contributed by atoms with Crippen molar-refractivity contribution in [3.8, 4) is 0 Å². The third-order valence-corrected chi connectivity index (χ3v) is 2.75. The number of benzene rings is 1. The van der Waals surface area contributed by atoms with Gasteiger partial charge in [0.25, 0.3) is 11.6 Å². The van der Waals surface area contributed by atoms with E-state index < -0.39 is 22.8 Å². The minimum absolute atomic E-state index is 0.0638. The van der Waals surface area contributed by atoms with Crippen molar-refractivity contribution < 1.29 is 14.5 Å². The summed E-state index contributed by atoms with van der Waals surface area (Å²) in [5.41, 5.74) is 10.6. The summed E-state index contributed by atoms with van der Waals surface area (Å²) in [5.74, 6) is -1.57. The van der Waals surface area contributed by atoms with Crippen molar-refractivity contribution in [2.45, 2.75) is 19.9 Å². The number of nitro benzene ring substituents is 1. The van der Waals surface area contributed by atoms with Crippen molar-refractivity contribution >= 4 is 23.2 Å². The molecular weight excluding hydrogens is 264 g/mol. The average Bonchev–Trinajstić information content (AvgIpc) is 2.34. The number of nitrogens with one attached hydrogen (secondary N) is 1. The van der Waals surface area contributed by atoms with Gasteiger partial charge in [0, 0.05) is 17.8 Å². The summed E-state index contributed by atoms with van der Waals surface area (Å²) in [6, 6.07) is 2.64. The van der Waals surface area contributed by atoms with E-state index in [9.17, 15) is 19.7 Å². The second kappa shape index (κ2) is 6.00. The lowest BCUT2D eigenvalue weighted by atomic mass is 10.0. The zero-order chi connectivity index (χ0) is 15.4. The molecule has 0 aromatic heterocycles. The Labute approximate surface area is 115 Å². The van der Waals surface area contributed by atoms with Crippen LogP contribution in [0.2, 0.25) is 0 Å². The van der Waals surface area contributed by atoms with Crippen LogP contribution in [0.4, 0.5) is 11.4 Å². The molecule has 0 aliphatic carbocycles. The quantitative estimate of drug-likeness (QED) is 0.407. The molecule has 0 saturated heterocycles. The van der Waals surface area contributed by atoms with Crippen LogP contribution in [-0.2, 0) is 4.79 Å². The van der Waals surface area contributed by atoms with E-state index in [4.69, 9.17) is 11.5 Å². The molecule has 1 atom stereocenters. The highest BCUT2D eigenvalue weighted by atomic mass is 16.6. The van der Waals surface area contributed by atoms with Crippen molar-refractivity contribution in [2.75, 3.05) is 5.73 Å². The van der Waals surface area contributed by atoms with Gasteiger partial charge in [0.2, 0.25) is 5.91 Å². The second-order valence-electron chi connectivity index (χ2n) is 4.63. The number of nitro groups is 1. The highest BCUT2D eigenvalue weighted by Crippen LogP contribution is 2.20. The summed E-state index contributed by atoms with van der Waals surface area (Å²) >= 11 is 0. The molecule has 2 amide bonds. The van der Waals surface area contributed by atoms with Crippen LogP contribution < -0.4 is 16.8 Å². The maximum absolute atomic E-state index is 12.0. The Morgan fingerprint density at radius 2 is 1.95 bits per heavy atom. The van der Waals surface area contributed by atoms with Crippen LogP contribution in [0.5, 0.6) is 0 Å². The van der Waals surface area contributed by atoms with Gasteiger partial charge in [-0.15, -0.1) is 0 Å². The van der Waals surface area contributed by atoms with Gasteiger partial charge in [-0.2, -0.15) is 0 Å². The van der Waals surface area contributed by atoms with Crippen LogP contribution >= 0.6 is 0 Å². The van der Waals surface area contributed by atoms with Gasteiger partial charge >= 0.3 is 0 Å². The summed E-state index contributed by atoms with van der Waals surface area (Å²) in [6.07, 6.45) is 0. The number of nitrogens with two attached hydrogens (primary N) is 2. The number of nitrogens with zero attached hydrogens (tertiary/aromatic N) is 1. The Morgan fingerprint density at radius 3 is 2.40 bits per heavy atom. The van der Waals surface area contributed by atoms with Gasteiger partial charge in [0.05, 0.1) is 10.5 Å². The zero-order valence-corrected chi connectivity index (χ0v) is 11.1. The Bertz CT molecular complexity index is 556. The highest BCUT2D eigenvalue weighted by Gasteiger charge is 2.24. The van der Waals surface area contributed by atoms with Crippen molar-refractivity contribution in [3.63, 3.8) is 0 Å². The lowest BCUT2D eigenvalue weighted by Crippen LogP contribution is -2.47. The number of carbonyl (C=O) groups excluding carboxylic acids is 2. The summed E-state index contributed by atoms with van der Waals surface area (Å²) in [7, 11) is 0. The summed E-state index contributed by atoms with van der Waals surface area (Å²) in [5, 5.41) is 13.1. The zero-order valence-electron chi connectivity index (χ0n) is 11.1. The van der Waals surface area contributed by atoms with Crippen LogP contribution in [0.25, 0.3) is 0 Å². The monoisotopic (exact) mass is 280 g/mol. The lowest BCUT2D eigenvalue weighted by molar-refractivity contribution is -0.384. The van der Waals surface area contributed by atoms with E-state index in [1.54, 1.807) is 13.8 Å². The number of hydrogen-bond donors (Lipinski definition) is 3. The van der Waals surface area contributed by atoms with Gasteiger partial charge in [0.1, 0.15) is 6.04 Å². The van der Waals surface area contributed by atoms with Crippen molar-refractivity contribution in [3.05, 3.63) is 33.9 Å². The molecule has 1 aromatic rings. The molecule has 0 bridgehead atoms. The topological polar surface area (TPSA) is 141 Å². The van der Waals surface area contributed by atoms with Gasteiger partial charge in [-0.3, -0.25) is 19.7 Å². The minimum Gasteiger partial charge on any atom is -0.398 e. The van der Waals surface area contributed by atoms with Crippen molar-refractivity contribution in [1.29, 1.82) is 0 Å². The van der Waals surface area contributed by atoms with Crippen LogP contribution in [0, 0.1) is 16.0 Å². The Morgan fingerprint density at radius 1 is 1.35 bits per heavy atom. The number of carbonyl (C=O) groups is 2. The first-order valence-corrected chi connectivity index (χ1v) is 5.88. The number of amides is 2. The Kier molecular flexibility index (Phi) is 4.63. The normalized spacial score (nSPS) is 11.9. The van der Waals surface area contributed by atoms with Crippen molar-refractivity contribution in [2.24, 2.45) is 11.7 Å². The van der Waals surface area contributed by atoms with E-state index in [0.717, 1.165) is 6.07 Å². The predicted octanol–water partition coefficient (Wildman–Crippen LogP) is 0.417. The first-order valence-electron chi connectivity index (χ1n) is 5.88. The molecule has 108 valence electrons. The number of primary amides is 1. The first-order chi connectivity index (χ1) is 9.23. The SMILES string of the molecule is CC(C)C(NC(=O)c1cc([N+](=O)[O-])ccc1N)C(N)=O.